The zero-order valence-corrected chi connectivity index (χ0v) is 21.1. The summed E-state index contributed by atoms with van der Waals surface area (Å²) < 4.78 is 31.4. The molecule has 0 radical (unpaired) electrons. The van der Waals surface area contributed by atoms with Crippen molar-refractivity contribution in [1.82, 2.24) is 29.6 Å². The number of nitrogens with zero attached hydrogens (tertiary/aromatic N) is 7. The average Bonchev–Trinajstić information content (AvgIpc) is 3.23. The summed E-state index contributed by atoms with van der Waals surface area (Å²) in [5.74, 6) is -0.406. The fraction of sp³-hybridized carbons (Fsp3) is 0.385. The maximum Gasteiger partial charge on any atom is 0.229 e. The lowest BCUT2D eigenvalue weighted by Gasteiger charge is -2.35. The second-order valence-corrected chi connectivity index (χ2v) is 9.49. The first-order valence-corrected chi connectivity index (χ1v) is 12.3. The number of rotatable bonds is 7. The van der Waals surface area contributed by atoms with Crippen LogP contribution >= 0.6 is 0 Å². The van der Waals surface area contributed by atoms with Gasteiger partial charge in [0.1, 0.15) is 17.0 Å². The standard InChI is InChI=1S/C26H30F2N8O/c1-16(2)25-19-12-17(13-20(27)24(19)33-34(25)3)23-21(28)15-30-26(32-23)31-22-5-4-18(14-29-22)36-8-6-35(7-9-36)10-11-37/h4-5,12-16,37H,6-11H2,1-3H3,(H,29,30,31,32). The smallest absolute Gasteiger partial charge is 0.229 e. The van der Waals surface area contributed by atoms with Gasteiger partial charge >= 0.3 is 0 Å². The van der Waals surface area contributed by atoms with Crippen molar-refractivity contribution in [2.75, 3.05) is 49.5 Å². The number of benzene rings is 1. The summed E-state index contributed by atoms with van der Waals surface area (Å²) in [5, 5.41) is 17.1. The number of aliphatic hydroxyl groups is 1. The van der Waals surface area contributed by atoms with Gasteiger partial charge in [-0.2, -0.15) is 5.10 Å². The van der Waals surface area contributed by atoms with E-state index in [4.69, 9.17) is 5.11 Å². The first-order chi connectivity index (χ1) is 17.8. The van der Waals surface area contributed by atoms with Crippen LogP contribution in [-0.2, 0) is 7.05 Å². The number of β-amino-alcohol motifs (C(OH)–C–C–N with tert-alkyl or cyclic N) is 1. The largest absolute Gasteiger partial charge is 0.395 e. The topological polar surface area (TPSA) is 95.2 Å². The zero-order valence-electron chi connectivity index (χ0n) is 21.1. The van der Waals surface area contributed by atoms with E-state index in [1.54, 1.807) is 24.0 Å². The first kappa shape index (κ1) is 25.0. The minimum absolute atomic E-state index is 0.00534. The molecule has 3 aromatic heterocycles. The van der Waals surface area contributed by atoms with Crippen molar-refractivity contribution in [2.45, 2.75) is 19.8 Å². The van der Waals surface area contributed by atoms with Crippen LogP contribution in [0.5, 0.6) is 0 Å². The van der Waals surface area contributed by atoms with Gasteiger partial charge in [0.05, 0.1) is 24.7 Å². The lowest BCUT2D eigenvalue weighted by atomic mass is 10.0. The van der Waals surface area contributed by atoms with Gasteiger partial charge in [0.25, 0.3) is 0 Å². The zero-order chi connectivity index (χ0) is 26.1. The van der Waals surface area contributed by atoms with Crippen LogP contribution in [0, 0.1) is 11.6 Å². The first-order valence-electron chi connectivity index (χ1n) is 12.3. The number of hydrogen-bond acceptors (Lipinski definition) is 8. The molecule has 0 amide bonds. The van der Waals surface area contributed by atoms with Crippen molar-refractivity contribution < 1.29 is 13.9 Å². The molecule has 1 fully saturated rings. The summed E-state index contributed by atoms with van der Waals surface area (Å²) in [7, 11) is 1.78. The van der Waals surface area contributed by atoms with Crippen molar-refractivity contribution in [3.05, 3.63) is 54.0 Å². The third-order valence-corrected chi connectivity index (χ3v) is 6.64. The molecule has 2 N–H and O–H groups in total. The monoisotopic (exact) mass is 508 g/mol. The van der Waals surface area contributed by atoms with Crippen LogP contribution in [0.3, 0.4) is 0 Å². The number of halogens is 2. The molecule has 194 valence electrons. The van der Waals surface area contributed by atoms with Crippen molar-refractivity contribution in [1.29, 1.82) is 0 Å². The molecule has 0 spiro atoms. The number of aliphatic hydroxyl groups excluding tert-OH is 1. The molecule has 1 aliphatic rings. The molecule has 11 heteroatoms. The van der Waals surface area contributed by atoms with Gasteiger partial charge in [-0.25, -0.2) is 23.7 Å². The Bertz CT molecular complexity index is 1400. The predicted octanol–water partition coefficient (Wildman–Crippen LogP) is 3.68. The molecule has 5 rings (SSSR count). The van der Waals surface area contributed by atoms with E-state index in [0.29, 0.717) is 23.3 Å². The summed E-state index contributed by atoms with van der Waals surface area (Å²) in [4.78, 5) is 17.3. The van der Waals surface area contributed by atoms with Gasteiger partial charge in [-0.15, -0.1) is 0 Å². The number of piperazine rings is 1. The Hall–Kier alpha value is -3.70. The van der Waals surface area contributed by atoms with Crippen molar-refractivity contribution in [2.24, 2.45) is 7.05 Å². The second kappa shape index (κ2) is 10.3. The van der Waals surface area contributed by atoms with Gasteiger partial charge in [-0.05, 0) is 30.2 Å². The highest BCUT2D eigenvalue weighted by Gasteiger charge is 2.20. The van der Waals surface area contributed by atoms with Crippen LogP contribution in [0.4, 0.5) is 26.2 Å². The molecule has 0 bridgehead atoms. The molecule has 37 heavy (non-hydrogen) atoms. The van der Waals surface area contributed by atoms with E-state index in [-0.39, 0.29) is 29.7 Å². The van der Waals surface area contributed by atoms with Gasteiger partial charge in [-0.1, -0.05) is 13.8 Å². The minimum atomic E-state index is -0.650. The number of aryl methyl sites for hydroxylation is 1. The van der Waals surface area contributed by atoms with Crippen LogP contribution in [0.15, 0.2) is 36.7 Å². The van der Waals surface area contributed by atoms with Crippen LogP contribution < -0.4 is 10.2 Å². The van der Waals surface area contributed by atoms with Crippen LogP contribution in [0.25, 0.3) is 22.2 Å². The van der Waals surface area contributed by atoms with E-state index in [1.807, 2.05) is 26.0 Å². The molecule has 1 saturated heterocycles. The maximum atomic E-state index is 14.9. The summed E-state index contributed by atoms with van der Waals surface area (Å²) >= 11 is 0. The SMILES string of the molecule is CC(C)c1c2cc(-c3nc(Nc4ccc(N5CCN(CCO)CC5)cn4)ncc3F)cc(F)c2nn1C. The van der Waals surface area contributed by atoms with Crippen LogP contribution in [0.1, 0.15) is 25.5 Å². The number of pyridine rings is 1. The molecule has 4 heterocycles. The van der Waals surface area contributed by atoms with Crippen molar-refractivity contribution >= 4 is 28.4 Å². The van der Waals surface area contributed by atoms with Gasteiger partial charge in [0.2, 0.25) is 5.95 Å². The summed E-state index contributed by atoms with van der Waals surface area (Å²) in [6.07, 6.45) is 2.84. The van der Waals surface area contributed by atoms with Gasteiger partial charge in [0, 0.05) is 56.4 Å². The van der Waals surface area contributed by atoms with E-state index < -0.39 is 11.6 Å². The Balaban J connectivity index is 1.37. The van der Waals surface area contributed by atoms with Gasteiger partial charge < -0.3 is 15.3 Å². The third-order valence-electron chi connectivity index (χ3n) is 6.64. The average molecular weight is 509 g/mol. The number of nitrogens with one attached hydrogen (secondary N) is 1. The van der Waals surface area contributed by atoms with E-state index in [1.165, 1.54) is 6.07 Å². The van der Waals surface area contributed by atoms with Crippen LogP contribution in [0.2, 0.25) is 0 Å². The summed E-state index contributed by atoms with van der Waals surface area (Å²) in [6, 6.07) is 6.75. The molecule has 1 aliphatic heterocycles. The predicted molar refractivity (Wildman–Crippen MR) is 139 cm³/mol. The van der Waals surface area contributed by atoms with Crippen molar-refractivity contribution in [3.63, 3.8) is 0 Å². The molecule has 0 atom stereocenters. The van der Waals surface area contributed by atoms with Crippen molar-refractivity contribution in [3.8, 4) is 11.3 Å². The number of hydrogen-bond donors (Lipinski definition) is 2. The Morgan fingerprint density at radius 1 is 1.03 bits per heavy atom. The van der Waals surface area contributed by atoms with Gasteiger partial charge in [0.15, 0.2) is 11.6 Å². The Morgan fingerprint density at radius 2 is 1.81 bits per heavy atom. The highest BCUT2D eigenvalue weighted by atomic mass is 19.1. The Labute approximate surface area is 213 Å². The fourth-order valence-electron chi connectivity index (χ4n) is 4.86. The number of aromatic nitrogens is 5. The molecule has 0 aliphatic carbocycles. The molecular formula is C26H30F2N8O. The summed E-state index contributed by atoms with van der Waals surface area (Å²) in [6.45, 7) is 8.35. The number of fused-ring (bicyclic) bond motifs is 1. The number of anilines is 3. The summed E-state index contributed by atoms with van der Waals surface area (Å²) in [5.41, 5.74) is 2.42. The lowest BCUT2D eigenvalue weighted by Crippen LogP contribution is -2.47. The molecule has 1 aromatic carbocycles. The lowest BCUT2D eigenvalue weighted by molar-refractivity contribution is 0.189. The highest BCUT2D eigenvalue weighted by Crippen LogP contribution is 2.32. The molecule has 0 saturated carbocycles. The fourth-order valence-corrected chi connectivity index (χ4v) is 4.86. The van der Waals surface area contributed by atoms with E-state index >= 15 is 0 Å². The normalized spacial score (nSPS) is 14.6. The molecular weight excluding hydrogens is 478 g/mol. The second-order valence-electron chi connectivity index (χ2n) is 9.49. The van der Waals surface area contributed by atoms with Crippen LogP contribution in [-0.4, -0.2) is 74.1 Å². The maximum absolute atomic E-state index is 14.9. The molecule has 0 unspecified atom stereocenters. The highest BCUT2D eigenvalue weighted by molar-refractivity contribution is 5.87. The van der Waals surface area contributed by atoms with E-state index in [2.05, 4.69) is 35.2 Å². The van der Waals surface area contributed by atoms with E-state index in [0.717, 1.165) is 43.8 Å². The quantitative estimate of drug-likeness (QED) is 0.390. The Kier molecular flexibility index (Phi) is 6.98. The van der Waals surface area contributed by atoms with Gasteiger partial charge in [-0.3, -0.25) is 9.58 Å². The minimum Gasteiger partial charge on any atom is -0.395 e. The third kappa shape index (κ3) is 5.09. The molecule has 9 nitrogen and oxygen atoms in total. The van der Waals surface area contributed by atoms with E-state index in [9.17, 15) is 8.78 Å². The Morgan fingerprint density at radius 3 is 2.49 bits per heavy atom. The molecule has 4 aromatic rings.